The molecule has 2 heteroatoms. The second kappa shape index (κ2) is 6.41. The third kappa shape index (κ3) is 4.43. The molecule has 0 aromatic rings. The Bertz CT molecular complexity index is 145. The lowest BCUT2D eigenvalue weighted by Gasteiger charge is -2.26. The highest BCUT2D eigenvalue weighted by molar-refractivity contribution is 4.69. The first-order chi connectivity index (χ1) is 6.72. The van der Waals surface area contributed by atoms with Gasteiger partial charge in [0.25, 0.3) is 0 Å². The molecular weight excluding hydrogens is 174 g/mol. The molecule has 1 fully saturated rings. The molecule has 0 amide bonds. The monoisotopic (exact) mass is 199 g/mol. The maximum Gasteiger partial charge on any atom is 0.0561 e. The van der Waals surface area contributed by atoms with Crippen molar-refractivity contribution >= 4 is 0 Å². The third-order valence-corrected chi connectivity index (χ3v) is 3.33. The molecule has 0 aromatic heterocycles. The predicted octanol–water partition coefficient (Wildman–Crippen LogP) is 2.58. The number of ether oxygens (including phenoxy) is 1. The molecule has 1 rings (SSSR count). The topological polar surface area (TPSA) is 21.3 Å². The Labute approximate surface area is 88.4 Å². The van der Waals surface area contributed by atoms with E-state index in [-0.39, 0.29) is 0 Å². The lowest BCUT2D eigenvalue weighted by molar-refractivity contribution is 0.0396. The highest BCUT2D eigenvalue weighted by atomic mass is 16.5. The van der Waals surface area contributed by atoms with Gasteiger partial charge in [-0.05, 0) is 39.7 Å². The van der Waals surface area contributed by atoms with E-state index in [0.29, 0.717) is 12.1 Å². The number of hydrogen-bond donors (Lipinski definition) is 1. The standard InChI is InChI=1S/C12H25NO/c1-10(13-3)9-11(2)14-8-7-12-5-4-6-12/h10-13H,4-9H2,1-3H3. The normalized spacial score (nSPS) is 21.6. The van der Waals surface area contributed by atoms with Gasteiger partial charge in [0, 0.05) is 12.6 Å². The summed E-state index contributed by atoms with van der Waals surface area (Å²) in [6.45, 7) is 5.34. The zero-order chi connectivity index (χ0) is 10.4. The van der Waals surface area contributed by atoms with Crippen LogP contribution in [-0.2, 0) is 4.74 Å². The molecule has 2 nitrogen and oxygen atoms in total. The Kier molecular flexibility index (Phi) is 5.49. The molecule has 2 unspecified atom stereocenters. The summed E-state index contributed by atoms with van der Waals surface area (Å²) in [5.41, 5.74) is 0. The molecule has 1 saturated carbocycles. The SMILES string of the molecule is CNC(C)CC(C)OCCC1CCC1. The van der Waals surface area contributed by atoms with Crippen LogP contribution in [0, 0.1) is 5.92 Å². The van der Waals surface area contributed by atoms with Crippen LogP contribution >= 0.6 is 0 Å². The summed E-state index contributed by atoms with van der Waals surface area (Å²) in [6.07, 6.45) is 7.10. The summed E-state index contributed by atoms with van der Waals surface area (Å²) in [6, 6.07) is 0.564. The molecule has 0 heterocycles. The molecule has 0 bridgehead atoms. The summed E-state index contributed by atoms with van der Waals surface area (Å²) in [5, 5.41) is 3.24. The number of rotatable bonds is 7. The summed E-state index contributed by atoms with van der Waals surface area (Å²) < 4.78 is 5.78. The smallest absolute Gasteiger partial charge is 0.0561 e. The first kappa shape index (κ1) is 12.0. The van der Waals surface area contributed by atoms with Crippen molar-refractivity contribution in [2.45, 2.75) is 58.1 Å². The van der Waals surface area contributed by atoms with Crippen molar-refractivity contribution in [3.63, 3.8) is 0 Å². The Morgan fingerprint density at radius 1 is 1.36 bits per heavy atom. The van der Waals surface area contributed by atoms with Crippen molar-refractivity contribution in [1.29, 1.82) is 0 Å². The molecule has 0 aromatic carbocycles. The molecule has 0 spiro atoms. The van der Waals surface area contributed by atoms with E-state index in [1.807, 2.05) is 7.05 Å². The van der Waals surface area contributed by atoms with Gasteiger partial charge in [0.1, 0.15) is 0 Å². The second-order valence-electron chi connectivity index (χ2n) is 4.69. The molecule has 1 aliphatic rings. The van der Waals surface area contributed by atoms with E-state index in [1.165, 1.54) is 25.7 Å². The van der Waals surface area contributed by atoms with Gasteiger partial charge in [0.2, 0.25) is 0 Å². The van der Waals surface area contributed by atoms with Gasteiger partial charge in [0.05, 0.1) is 6.10 Å². The molecule has 2 atom stereocenters. The maximum atomic E-state index is 5.78. The molecule has 0 aliphatic heterocycles. The maximum absolute atomic E-state index is 5.78. The molecule has 14 heavy (non-hydrogen) atoms. The van der Waals surface area contributed by atoms with Gasteiger partial charge in [0.15, 0.2) is 0 Å². The number of hydrogen-bond acceptors (Lipinski definition) is 2. The zero-order valence-electron chi connectivity index (χ0n) is 9.88. The van der Waals surface area contributed by atoms with Crippen molar-refractivity contribution in [3.8, 4) is 0 Å². The lowest BCUT2D eigenvalue weighted by Crippen LogP contribution is -2.27. The van der Waals surface area contributed by atoms with Crippen LogP contribution in [0.3, 0.4) is 0 Å². The number of nitrogens with one attached hydrogen (secondary N) is 1. The fraction of sp³-hybridized carbons (Fsp3) is 1.00. The minimum Gasteiger partial charge on any atom is -0.378 e. The lowest BCUT2D eigenvalue weighted by atomic mass is 9.83. The van der Waals surface area contributed by atoms with Gasteiger partial charge in [-0.2, -0.15) is 0 Å². The van der Waals surface area contributed by atoms with E-state index < -0.39 is 0 Å². The minimum absolute atomic E-state index is 0.400. The predicted molar refractivity (Wildman–Crippen MR) is 60.5 cm³/mol. The Morgan fingerprint density at radius 2 is 2.07 bits per heavy atom. The highest BCUT2D eigenvalue weighted by Crippen LogP contribution is 2.29. The van der Waals surface area contributed by atoms with Crippen molar-refractivity contribution in [1.82, 2.24) is 5.32 Å². The second-order valence-corrected chi connectivity index (χ2v) is 4.69. The van der Waals surface area contributed by atoms with E-state index in [0.717, 1.165) is 18.9 Å². The van der Waals surface area contributed by atoms with E-state index in [4.69, 9.17) is 4.74 Å². The van der Waals surface area contributed by atoms with Crippen LogP contribution in [0.5, 0.6) is 0 Å². The van der Waals surface area contributed by atoms with Gasteiger partial charge >= 0.3 is 0 Å². The summed E-state index contributed by atoms with van der Waals surface area (Å²) >= 11 is 0. The minimum atomic E-state index is 0.400. The van der Waals surface area contributed by atoms with Crippen LogP contribution in [0.2, 0.25) is 0 Å². The first-order valence-electron chi connectivity index (χ1n) is 6.01. The van der Waals surface area contributed by atoms with Gasteiger partial charge in [-0.15, -0.1) is 0 Å². The van der Waals surface area contributed by atoms with Gasteiger partial charge in [-0.1, -0.05) is 19.3 Å². The van der Waals surface area contributed by atoms with Crippen LogP contribution < -0.4 is 5.32 Å². The van der Waals surface area contributed by atoms with E-state index >= 15 is 0 Å². The average Bonchev–Trinajstić information content (AvgIpc) is 2.09. The van der Waals surface area contributed by atoms with Crippen LogP contribution in [0.4, 0.5) is 0 Å². The van der Waals surface area contributed by atoms with Crippen molar-refractivity contribution in [2.24, 2.45) is 5.92 Å². The first-order valence-corrected chi connectivity index (χ1v) is 6.01. The third-order valence-electron chi connectivity index (χ3n) is 3.33. The fourth-order valence-corrected chi connectivity index (χ4v) is 1.90. The Balaban J connectivity index is 1.93. The van der Waals surface area contributed by atoms with E-state index in [1.54, 1.807) is 0 Å². The van der Waals surface area contributed by atoms with Crippen LogP contribution in [0.25, 0.3) is 0 Å². The summed E-state index contributed by atoms with van der Waals surface area (Å²) in [7, 11) is 2.01. The average molecular weight is 199 g/mol. The van der Waals surface area contributed by atoms with Crippen molar-refractivity contribution in [3.05, 3.63) is 0 Å². The van der Waals surface area contributed by atoms with Gasteiger partial charge in [-0.25, -0.2) is 0 Å². The zero-order valence-corrected chi connectivity index (χ0v) is 9.88. The largest absolute Gasteiger partial charge is 0.378 e. The van der Waals surface area contributed by atoms with Crippen LogP contribution in [0.15, 0.2) is 0 Å². The molecule has 0 saturated heterocycles. The highest BCUT2D eigenvalue weighted by Gasteiger charge is 2.17. The van der Waals surface area contributed by atoms with Crippen molar-refractivity contribution in [2.75, 3.05) is 13.7 Å². The Morgan fingerprint density at radius 3 is 2.57 bits per heavy atom. The molecule has 1 N–H and O–H groups in total. The molecule has 84 valence electrons. The fourth-order valence-electron chi connectivity index (χ4n) is 1.90. The summed E-state index contributed by atoms with van der Waals surface area (Å²) in [4.78, 5) is 0. The molecule has 1 aliphatic carbocycles. The van der Waals surface area contributed by atoms with Crippen molar-refractivity contribution < 1.29 is 4.74 Å². The van der Waals surface area contributed by atoms with Gasteiger partial charge in [-0.3, -0.25) is 0 Å². The van der Waals surface area contributed by atoms with Crippen LogP contribution in [-0.4, -0.2) is 25.8 Å². The van der Waals surface area contributed by atoms with Crippen LogP contribution in [0.1, 0.15) is 46.0 Å². The molecule has 0 radical (unpaired) electrons. The summed E-state index contributed by atoms with van der Waals surface area (Å²) in [5.74, 6) is 0.976. The molecular formula is C12H25NO. The van der Waals surface area contributed by atoms with E-state index in [2.05, 4.69) is 19.2 Å². The van der Waals surface area contributed by atoms with Gasteiger partial charge < -0.3 is 10.1 Å². The quantitative estimate of drug-likeness (QED) is 0.680. The Hall–Kier alpha value is -0.0800. The van der Waals surface area contributed by atoms with E-state index in [9.17, 15) is 0 Å².